The Kier molecular flexibility index (Phi) is 57.2. The number of aryl methyl sites for hydroxylation is 2. The van der Waals surface area contributed by atoms with E-state index in [-0.39, 0.29) is 156 Å². The molecule has 18 aromatic rings. The Morgan fingerprint density at radius 1 is 0.287 bits per heavy atom. The molecule has 701 valence electrons. The average molecular weight is 2860 g/mol. The van der Waals surface area contributed by atoms with Crippen molar-refractivity contribution in [3.05, 3.63) is 490 Å². The first kappa shape index (κ1) is 117. The Morgan fingerprint density at radius 2 is 0.662 bits per heavy atom. The summed E-state index contributed by atoms with van der Waals surface area (Å²) >= 11 is 0. The van der Waals surface area contributed by atoms with E-state index in [1.54, 1.807) is 37.1 Å². The number of aromatic nitrogens is 8. The van der Waals surface area contributed by atoms with Crippen LogP contribution in [0.4, 0.5) is 0 Å². The van der Waals surface area contributed by atoms with E-state index in [4.69, 9.17) is 25.3 Å². The molecule has 0 unspecified atom stereocenters. The smallest absolute Gasteiger partial charge is 0.155 e. The SMILES string of the molecule is CC(=O)C=C(C)O.CC(=O)C=C(C)O.CC(=O)C=C(C)O.Cc1c[c-]c(-c2ccccn2)cc1.Cc1cc[c-]c(-c2ccccn2)c1.Oc1ccccc1-c1ccccc1.[Ir].[Ir].[Ir].[Ir].[Ir].[Pt].[c-]1c(-c2ccccn2)cccc1-c1ccccn1.[c-]1ccccc1-c1ccccn1.[c-]1ccccc1-c1ncc(-c2ccccc2)nc1-c1ccccc1.[c-]1ccccc1-c1nccc2ccccc12. The van der Waals surface area contributed by atoms with Crippen molar-refractivity contribution in [2.75, 3.05) is 0 Å². The van der Waals surface area contributed by atoms with Crippen molar-refractivity contribution in [3.8, 4) is 118 Å². The van der Waals surface area contributed by atoms with Gasteiger partial charge >= 0.3 is 0 Å². The molecule has 0 spiro atoms. The summed E-state index contributed by atoms with van der Waals surface area (Å²) in [6.45, 7) is 12.7. The monoisotopic (exact) mass is 2860 g/mol. The predicted molar refractivity (Wildman–Crippen MR) is 525 cm³/mol. The molecule has 0 amide bonds. The molecule has 0 fully saturated rings. The Bertz CT molecular complexity index is 6360. The molecule has 0 aliphatic heterocycles. The van der Waals surface area contributed by atoms with Crippen LogP contribution in [0.5, 0.6) is 5.75 Å². The van der Waals surface area contributed by atoms with Gasteiger partial charge in [-0.25, -0.2) is 0 Å². The van der Waals surface area contributed by atoms with Crippen LogP contribution >= 0.6 is 0 Å². The van der Waals surface area contributed by atoms with Crippen LogP contribution in [0.2, 0.25) is 0 Å². The third-order valence-electron chi connectivity index (χ3n) is 17.9. The summed E-state index contributed by atoms with van der Waals surface area (Å²) < 4.78 is 0. The van der Waals surface area contributed by atoms with Gasteiger partial charge in [0.25, 0.3) is 0 Å². The average Bonchev–Trinajstić information content (AvgIpc) is 0.801. The second-order valence-electron chi connectivity index (χ2n) is 28.6. The summed E-state index contributed by atoms with van der Waals surface area (Å²) in [5.41, 5.74) is 22.0. The molecule has 0 aliphatic carbocycles. The van der Waals surface area contributed by atoms with Gasteiger partial charge in [0.1, 0.15) is 5.75 Å². The summed E-state index contributed by atoms with van der Waals surface area (Å²) in [7, 11) is 0. The van der Waals surface area contributed by atoms with Crippen LogP contribution in [-0.2, 0) is 136 Å². The molecule has 18 rings (SSSR count). The van der Waals surface area contributed by atoms with Gasteiger partial charge in [-0.2, -0.15) is 0 Å². The van der Waals surface area contributed by atoms with Gasteiger partial charge < -0.3 is 45.3 Å². The molecule has 0 aliphatic rings. The first-order valence-electron chi connectivity index (χ1n) is 41.5. The minimum absolute atomic E-state index is 0. The molecule has 4 N–H and O–H groups in total. The zero-order valence-corrected chi connectivity index (χ0v) is 89.7. The minimum atomic E-state index is -0.125. The number of fused-ring (bicyclic) bond motifs is 1. The first-order chi connectivity index (χ1) is 63.2. The number of carbonyl (C=O) groups is 3. The molecule has 0 saturated carbocycles. The fourth-order valence-electron chi connectivity index (χ4n) is 12.1. The standard InChI is InChI=1S/C22H15N2.C16H11N2.C15H10N.2C12H10N.C12H10O.C11H8N.3C5H8O2.5Ir.Pt/c1-4-10-17(11-5-1)20-16-23-21(18-12-6-2-7-13-18)22(24-20)19-14-8-3-9-15-19;1-3-10-17-15(8-1)13-6-5-7-14(12-13)16-9-2-4-11-18-16;1-2-7-13(8-3-1)15-14-9-5-4-6-12(14)10-11-16-15;1-10-5-4-6-11(9-10)12-7-2-3-8-13-12;1-10-5-7-11(8-6-10)12-4-2-3-9-13-12;13-12-9-5-4-8-11(12)10-6-2-1-3-7-10;1-2-6-10(7-3-1)11-8-4-5-9-12-11;3*1-4(6)3-5(2)7;;;;;;/h1-12,14-16H;1-11H;1-7,9-11H;2-5,7-9H,1H3;2-7,9H,1H3;1-9,13H;1-6,8-9H;3*3,6H,1-2H3;;;;;;/q5*-1;;-1;;;;;;;;;. The Morgan fingerprint density at radius 3 is 1.07 bits per heavy atom. The van der Waals surface area contributed by atoms with E-state index >= 15 is 0 Å². The number of aliphatic hydroxyl groups is 3. The Labute approximate surface area is 879 Å². The van der Waals surface area contributed by atoms with Crippen LogP contribution in [-0.4, -0.2) is 77.6 Å². The zero-order valence-electron chi connectivity index (χ0n) is 75.5. The minimum Gasteiger partial charge on any atom is -0.512 e. The van der Waals surface area contributed by atoms with Crippen molar-refractivity contribution in [2.45, 2.75) is 55.4 Å². The first-order valence-corrected chi connectivity index (χ1v) is 41.5. The van der Waals surface area contributed by atoms with Crippen molar-refractivity contribution in [1.29, 1.82) is 0 Å². The molecule has 11 aromatic carbocycles. The largest absolute Gasteiger partial charge is 0.512 e. The number of carbonyl (C=O) groups excluding carboxylic acids is 3. The molecule has 136 heavy (non-hydrogen) atoms. The van der Waals surface area contributed by atoms with E-state index < -0.39 is 0 Å². The van der Waals surface area contributed by atoms with E-state index in [0.29, 0.717) is 5.75 Å². The van der Waals surface area contributed by atoms with E-state index in [2.05, 4.69) is 117 Å². The molecule has 5 radical (unpaired) electrons. The number of aliphatic hydroxyl groups excluding tert-OH is 3. The molecule has 0 saturated heterocycles. The van der Waals surface area contributed by atoms with E-state index in [0.717, 1.165) is 112 Å². The maximum absolute atomic E-state index is 10.0. The Balaban J connectivity index is 0.000000396. The summed E-state index contributed by atoms with van der Waals surface area (Å²) in [5.74, 6) is 0.140. The van der Waals surface area contributed by atoms with Crippen molar-refractivity contribution < 1.29 is 156 Å². The van der Waals surface area contributed by atoms with Crippen molar-refractivity contribution >= 4 is 28.1 Å². The van der Waals surface area contributed by atoms with E-state index in [9.17, 15) is 19.5 Å². The number of para-hydroxylation sites is 1. The molecular weight excluding hydrogens is 2760 g/mol. The topological polar surface area (TPSA) is 235 Å². The summed E-state index contributed by atoms with van der Waals surface area (Å²) in [6, 6.07) is 138. The van der Waals surface area contributed by atoms with Crippen LogP contribution in [0, 0.1) is 50.2 Å². The quantitative estimate of drug-likeness (QED) is 0.0477. The maximum Gasteiger partial charge on any atom is 0.155 e. The molecule has 0 bridgehead atoms. The Hall–Kier alpha value is -13.0. The normalized spacial score (nSPS) is 9.90. The van der Waals surface area contributed by atoms with Crippen LogP contribution in [0.15, 0.2) is 443 Å². The summed E-state index contributed by atoms with van der Waals surface area (Å²) in [4.78, 5) is 65.5. The molecule has 7 heterocycles. The van der Waals surface area contributed by atoms with Gasteiger partial charge in [0.2, 0.25) is 0 Å². The number of phenolic OH excluding ortho intramolecular Hbond substituents is 1. The number of rotatable bonds is 13. The molecule has 21 heteroatoms. The zero-order chi connectivity index (χ0) is 92.3. The van der Waals surface area contributed by atoms with Gasteiger partial charge in [-0.15, -0.1) is 203 Å². The number of nitrogens with zero attached hydrogens (tertiary/aromatic N) is 8. The number of benzene rings is 11. The molecule has 7 aromatic heterocycles. The van der Waals surface area contributed by atoms with Gasteiger partial charge in [0, 0.05) is 211 Å². The number of aromatic hydroxyl groups is 1. The van der Waals surface area contributed by atoms with Gasteiger partial charge in [0.05, 0.1) is 28.7 Å². The third-order valence-corrected chi connectivity index (χ3v) is 17.9. The molecule has 0 atom stereocenters. The summed E-state index contributed by atoms with van der Waals surface area (Å²) in [6.07, 6.45) is 16.1. The van der Waals surface area contributed by atoms with Gasteiger partial charge in [-0.1, -0.05) is 219 Å². The van der Waals surface area contributed by atoms with Crippen LogP contribution in [0.3, 0.4) is 0 Å². The van der Waals surface area contributed by atoms with Crippen LogP contribution in [0.1, 0.15) is 52.7 Å². The summed E-state index contributed by atoms with van der Waals surface area (Å²) in [5, 5.41) is 37.0. The molecular formula is C115H98Ir5N8O7Pt-6. The number of allylic oxidation sites excluding steroid dienone is 6. The van der Waals surface area contributed by atoms with Gasteiger partial charge in [-0.3, -0.25) is 29.3 Å². The molecule has 15 nitrogen and oxygen atoms in total. The van der Waals surface area contributed by atoms with E-state index in [1.165, 1.54) is 81.7 Å². The number of ketones is 3. The maximum atomic E-state index is 10.0. The predicted octanol–water partition coefficient (Wildman–Crippen LogP) is 27.0. The van der Waals surface area contributed by atoms with Crippen molar-refractivity contribution in [3.63, 3.8) is 0 Å². The fraction of sp³-hybridized carbons (Fsp3) is 0.0696. The van der Waals surface area contributed by atoms with Crippen LogP contribution < -0.4 is 0 Å². The third kappa shape index (κ3) is 42.7. The fourth-order valence-corrected chi connectivity index (χ4v) is 12.1. The number of phenols is 1. The van der Waals surface area contributed by atoms with Gasteiger partial charge in [-0.05, 0) is 129 Å². The second-order valence-corrected chi connectivity index (χ2v) is 28.6. The number of hydrogen-bond donors (Lipinski definition) is 4. The van der Waals surface area contributed by atoms with Crippen molar-refractivity contribution in [1.82, 2.24) is 39.9 Å². The number of hydrogen-bond acceptors (Lipinski definition) is 15. The van der Waals surface area contributed by atoms with Crippen LogP contribution in [0.25, 0.3) is 123 Å². The second kappa shape index (κ2) is 66.4. The van der Waals surface area contributed by atoms with Crippen molar-refractivity contribution in [2.24, 2.45) is 0 Å². The van der Waals surface area contributed by atoms with Gasteiger partial charge in [0.15, 0.2) is 17.3 Å². The number of pyridine rings is 6. The van der Waals surface area contributed by atoms with E-state index in [1.807, 2.05) is 334 Å².